The van der Waals surface area contributed by atoms with E-state index < -0.39 is 0 Å². The third kappa shape index (κ3) is 1.15. The van der Waals surface area contributed by atoms with E-state index in [1.807, 2.05) is 47.8 Å². The van der Waals surface area contributed by atoms with Crippen LogP contribution < -0.4 is 5.43 Å². The van der Waals surface area contributed by atoms with Gasteiger partial charge in [0.15, 0.2) is 0 Å². The number of rotatable bonds is 0. The fraction of sp³-hybridized carbons (Fsp3) is 0.0769. The van der Waals surface area contributed by atoms with Gasteiger partial charge in [-0.2, -0.15) is 5.10 Å². The van der Waals surface area contributed by atoms with E-state index in [9.17, 15) is 4.79 Å². The number of nitrogens with zero attached hydrogens (tertiary/aromatic N) is 2. The standard InChI is InChI=1S/C13H10N2O/c1-9-11-7-6-10-4-2-3-5-12(10)15(11)14-8-13(9)16/h2-8H,1H3. The van der Waals surface area contributed by atoms with Crippen LogP contribution >= 0.6 is 0 Å². The predicted molar refractivity (Wildman–Crippen MR) is 63.7 cm³/mol. The molecule has 0 atom stereocenters. The van der Waals surface area contributed by atoms with E-state index in [4.69, 9.17) is 0 Å². The van der Waals surface area contributed by atoms with E-state index in [1.54, 1.807) is 0 Å². The molecule has 0 aliphatic carbocycles. The summed E-state index contributed by atoms with van der Waals surface area (Å²) in [5, 5.41) is 5.29. The Hall–Kier alpha value is -2.16. The third-order valence-electron chi connectivity index (χ3n) is 2.86. The molecule has 2 aromatic heterocycles. The lowest BCUT2D eigenvalue weighted by atomic mass is 10.2. The van der Waals surface area contributed by atoms with Crippen molar-refractivity contribution in [3.8, 4) is 0 Å². The van der Waals surface area contributed by atoms with Crippen molar-refractivity contribution in [2.24, 2.45) is 0 Å². The van der Waals surface area contributed by atoms with Crippen molar-refractivity contribution in [1.29, 1.82) is 0 Å². The van der Waals surface area contributed by atoms with Crippen molar-refractivity contribution in [3.63, 3.8) is 0 Å². The summed E-state index contributed by atoms with van der Waals surface area (Å²) in [6.45, 7) is 1.83. The molecule has 16 heavy (non-hydrogen) atoms. The Morgan fingerprint density at radius 2 is 1.88 bits per heavy atom. The lowest BCUT2D eigenvalue weighted by molar-refractivity contribution is 0.945. The third-order valence-corrected chi connectivity index (χ3v) is 2.86. The molecule has 3 rings (SSSR count). The minimum atomic E-state index is -0.0183. The maximum atomic E-state index is 11.5. The Morgan fingerprint density at radius 3 is 2.75 bits per heavy atom. The highest BCUT2D eigenvalue weighted by Crippen LogP contribution is 2.16. The predicted octanol–water partition coefficient (Wildman–Crippen LogP) is 2.16. The molecule has 0 fully saturated rings. The molecule has 1 aromatic carbocycles. The number of fused-ring (bicyclic) bond motifs is 3. The highest BCUT2D eigenvalue weighted by molar-refractivity contribution is 5.82. The van der Waals surface area contributed by atoms with Crippen LogP contribution in [0.25, 0.3) is 16.4 Å². The van der Waals surface area contributed by atoms with Crippen molar-refractivity contribution in [1.82, 2.24) is 9.61 Å². The van der Waals surface area contributed by atoms with E-state index in [0.717, 1.165) is 22.0 Å². The Kier molecular flexibility index (Phi) is 1.80. The Labute approximate surface area is 92.0 Å². The highest BCUT2D eigenvalue weighted by atomic mass is 16.1. The summed E-state index contributed by atoms with van der Waals surface area (Å²) >= 11 is 0. The largest absolute Gasteiger partial charge is 0.288 e. The SMILES string of the molecule is Cc1c(=O)cnn2c1ccc1ccccc12. The van der Waals surface area contributed by atoms with Crippen LogP contribution in [0.1, 0.15) is 5.56 Å². The summed E-state index contributed by atoms with van der Waals surface area (Å²) in [6, 6.07) is 11.9. The van der Waals surface area contributed by atoms with E-state index in [-0.39, 0.29) is 5.43 Å². The zero-order valence-corrected chi connectivity index (χ0v) is 8.84. The Bertz CT molecular complexity index is 744. The van der Waals surface area contributed by atoms with E-state index in [0.29, 0.717) is 0 Å². The first-order valence-electron chi connectivity index (χ1n) is 5.14. The van der Waals surface area contributed by atoms with Crippen molar-refractivity contribution < 1.29 is 0 Å². The topological polar surface area (TPSA) is 34.4 Å². The van der Waals surface area contributed by atoms with Gasteiger partial charge in [-0.15, -0.1) is 0 Å². The quantitative estimate of drug-likeness (QED) is 0.533. The minimum absolute atomic E-state index is 0.0183. The molecule has 2 heterocycles. The van der Waals surface area contributed by atoms with Crippen LogP contribution in [0.5, 0.6) is 0 Å². The lowest BCUT2D eigenvalue weighted by Crippen LogP contribution is -2.10. The number of benzene rings is 1. The van der Waals surface area contributed by atoms with E-state index >= 15 is 0 Å². The molecule has 0 radical (unpaired) electrons. The molecule has 0 amide bonds. The van der Waals surface area contributed by atoms with Crippen LogP contribution in [0.4, 0.5) is 0 Å². The molecule has 78 valence electrons. The minimum Gasteiger partial charge on any atom is -0.288 e. The van der Waals surface area contributed by atoms with Crippen molar-refractivity contribution in [2.75, 3.05) is 0 Å². The van der Waals surface area contributed by atoms with Crippen LogP contribution in [0, 0.1) is 6.92 Å². The number of para-hydroxylation sites is 1. The molecule has 0 aliphatic rings. The van der Waals surface area contributed by atoms with Gasteiger partial charge in [-0.25, -0.2) is 4.52 Å². The van der Waals surface area contributed by atoms with Gasteiger partial charge in [-0.05, 0) is 19.1 Å². The maximum Gasteiger partial charge on any atom is 0.203 e. The van der Waals surface area contributed by atoms with Gasteiger partial charge in [0.05, 0.1) is 17.2 Å². The number of hydrogen-bond acceptors (Lipinski definition) is 2. The number of hydrogen-bond donors (Lipinski definition) is 0. The second kappa shape index (κ2) is 3.17. The molecule has 3 heteroatoms. The maximum absolute atomic E-state index is 11.5. The summed E-state index contributed by atoms with van der Waals surface area (Å²) in [7, 11) is 0. The molecule has 0 bridgehead atoms. The van der Waals surface area contributed by atoms with Crippen molar-refractivity contribution >= 4 is 16.4 Å². The number of pyridine rings is 1. The van der Waals surface area contributed by atoms with Crippen LogP contribution in [-0.2, 0) is 0 Å². The van der Waals surface area contributed by atoms with Gasteiger partial charge >= 0.3 is 0 Å². The summed E-state index contributed by atoms with van der Waals surface area (Å²) in [5.74, 6) is 0. The molecule has 0 aliphatic heterocycles. The van der Waals surface area contributed by atoms with Crippen LogP contribution in [0.2, 0.25) is 0 Å². The summed E-state index contributed by atoms with van der Waals surface area (Å²) in [6.07, 6.45) is 1.37. The van der Waals surface area contributed by atoms with E-state index in [1.165, 1.54) is 6.20 Å². The van der Waals surface area contributed by atoms with Gasteiger partial charge < -0.3 is 0 Å². The van der Waals surface area contributed by atoms with Crippen LogP contribution in [-0.4, -0.2) is 9.61 Å². The molecule has 0 N–H and O–H groups in total. The number of aryl methyl sites for hydroxylation is 1. The zero-order valence-electron chi connectivity index (χ0n) is 8.84. The monoisotopic (exact) mass is 210 g/mol. The Morgan fingerprint density at radius 1 is 1.06 bits per heavy atom. The molecule has 0 saturated carbocycles. The zero-order chi connectivity index (χ0) is 11.1. The van der Waals surface area contributed by atoms with Gasteiger partial charge in [0.25, 0.3) is 0 Å². The van der Waals surface area contributed by atoms with Gasteiger partial charge in [0.2, 0.25) is 5.43 Å². The second-order valence-corrected chi connectivity index (χ2v) is 3.82. The van der Waals surface area contributed by atoms with Crippen LogP contribution in [0.3, 0.4) is 0 Å². The van der Waals surface area contributed by atoms with Gasteiger partial charge in [-0.1, -0.05) is 24.3 Å². The van der Waals surface area contributed by atoms with Gasteiger partial charge in [-0.3, -0.25) is 4.79 Å². The molecule has 0 spiro atoms. The molecule has 3 nitrogen and oxygen atoms in total. The molecule has 0 unspecified atom stereocenters. The highest BCUT2D eigenvalue weighted by Gasteiger charge is 2.03. The first kappa shape index (κ1) is 9.09. The fourth-order valence-corrected chi connectivity index (χ4v) is 1.93. The van der Waals surface area contributed by atoms with Gasteiger partial charge in [0, 0.05) is 10.9 Å². The normalized spacial score (nSPS) is 11.1. The van der Waals surface area contributed by atoms with Crippen LogP contribution in [0.15, 0.2) is 47.4 Å². The smallest absolute Gasteiger partial charge is 0.203 e. The molecular formula is C13H10N2O. The van der Waals surface area contributed by atoms with Crippen molar-refractivity contribution in [2.45, 2.75) is 6.92 Å². The summed E-state index contributed by atoms with van der Waals surface area (Å²) in [4.78, 5) is 11.5. The summed E-state index contributed by atoms with van der Waals surface area (Å²) in [5.41, 5.74) is 2.60. The number of aromatic nitrogens is 2. The lowest BCUT2D eigenvalue weighted by Gasteiger charge is -2.06. The van der Waals surface area contributed by atoms with Gasteiger partial charge in [0.1, 0.15) is 0 Å². The summed E-state index contributed by atoms with van der Waals surface area (Å²) < 4.78 is 1.81. The fourth-order valence-electron chi connectivity index (χ4n) is 1.93. The first-order valence-corrected chi connectivity index (χ1v) is 5.14. The molecule has 0 saturated heterocycles. The molecule has 3 aromatic rings. The molecular weight excluding hydrogens is 200 g/mol. The van der Waals surface area contributed by atoms with E-state index in [2.05, 4.69) is 5.10 Å². The second-order valence-electron chi connectivity index (χ2n) is 3.82. The average Bonchev–Trinajstić information content (AvgIpc) is 2.33. The van der Waals surface area contributed by atoms with Crippen molar-refractivity contribution in [3.05, 3.63) is 58.4 Å². The Balaban J connectivity index is 2.63. The average molecular weight is 210 g/mol. The first-order chi connectivity index (χ1) is 7.77.